The van der Waals surface area contributed by atoms with Crippen LogP contribution in [0, 0.1) is 32.1 Å². The molecule has 168 valence electrons. The van der Waals surface area contributed by atoms with Gasteiger partial charge in [-0.15, -0.1) is 11.8 Å². The molecule has 2 atom stereocenters. The number of benzene rings is 2. The predicted molar refractivity (Wildman–Crippen MR) is 127 cm³/mol. The van der Waals surface area contributed by atoms with E-state index in [4.69, 9.17) is 0 Å². The standard InChI is InChI=1S/C24H32N2O4S/c1-17(2)5-15-23(19-7-11-21(12-8-19)25(27)28)31-24(16-6-18(3)4)20-9-13-22(14-10-20)26(29)30/h7-14,17-18,23-24H,5-6,15-16H2,1-4H3/t23-,24-/m1/s1. The summed E-state index contributed by atoms with van der Waals surface area (Å²) in [6, 6.07) is 13.8. The fourth-order valence-electron chi connectivity index (χ4n) is 3.42. The lowest BCUT2D eigenvalue weighted by Crippen LogP contribution is -2.04. The first-order valence-electron chi connectivity index (χ1n) is 10.8. The topological polar surface area (TPSA) is 86.3 Å². The zero-order valence-corrected chi connectivity index (χ0v) is 19.5. The van der Waals surface area contributed by atoms with Crippen LogP contribution in [0.5, 0.6) is 0 Å². The van der Waals surface area contributed by atoms with Gasteiger partial charge in [0.1, 0.15) is 0 Å². The minimum atomic E-state index is -0.373. The third kappa shape index (κ3) is 7.98. The monoisotopic (exact) mass is 444 g/mol. The molecule has 0 fully saturated rings. The highest BCUT2D eigenvalue weighted by Gasteiger charge is 2.22. The van der Waals surface area contributed by atoms with Crippen molar-refractivity contribution in [3.05, 3.63) is 79.9 Å². The largest absolute Gasteiger partial charge is 0.269 e. The van der Waals surface area contributed by atoms with Gasteiger partial charge in [0.2, 0.25) is 0 Å². The Morgan fingerprint density at radius 3 is 1.23 bits per heavy atom. The maximum Gasteiger partial charge on any atom is 0.269 e. The van der Waals surface area contributed by atoms with Crippen LogP contribution in [0.3, 0.4) is 0 Å². The van der Waals surface area contributed by atoms with Crippen molar-refractivity contribution in [1.82, 2.24) is 0 Å². The minimum absolute atomic E-state index is 0.100. The molecule has 0 aliphatic heterocycles. The van der Waals surface area contributed by atoms with Crippen LogP contribution in [0.25, 0.3) is 0 Å². The van der Waals surface area contributed by atoms with Crippen LogP contribution in [0.15, 0.2) is 48.5 Å². The van der Waals surface area contributed by atoms with E-state index in [-0.39, 0.29) is 31.7 Å². The summed E-state index contributed by atoms with van der Waals surface area (Å²) in [5.74, 6) is 1.13. The molecule has 0 N–H and O–H groups in total. The predicted octanol–water partition coefficient (Wildman–Crippen LogP) is 7.89. The Morgan fingerprint density at radius 2 is 0.968 bits per heavy atom. The molecule has 0 radical (unpaired) electrons. The van der Waals surface area contributed by atoms with Crippen LogP contribution in [0.4, 0.5) is 11.4 Å². The van der Waals surface area contributed by atoms with Crippen molar-refractivity contribution in [1.29, 1.82) is 0 Å². The molecule has 0 spiro atoms. The van der Waals surface area contributed by atoms with Crippen LogP contribution in [-0.4, -0.2) is 9.85 Å². The molecule has 7 heteroatoms. The first kappa shape index (κ1) is 24.9. The summed E-state index contributed by atoms with van der Waals surface area (Å²) in [5, 5.41) is 22.5. The zero-order valence-electron chi connectivity index (χ0n) is 18.7. The van der Waals surface area contributed by atoms with Gasteiger partial charge in [-0.05, 0) is 48.6 Å². The van der Waals surface area contributed by atoms with Gasteiger partial charge < -0.3 is 0 Å². The maximum atomic E-state index is 11.0. The number of non-ortho nitro benzene ring substituents is 2. The van der Waals surface area contributed by atoms with Gasteiger partial charge >= 0.3 is 0 Å². The second-order valence-corrected chi connectivity index (χ2v) is 10.2. The summed E-state index contributed by atoms with van der Waals surface area (Å²) in [6.07, 6.45) is 4.08. The van der Waals surface area contributed by atoms with Crippen molar-refractivity contribution in [2.24, 2.45) is 11.8 Å². The van der Waals surface area contributed by atoms with E-state index in [9.17, 15) is 20.2 Å². The molecule has 0 saturated carbocycles. The van der Waals surface area contributed by atoms with Crippen molar-refractivity contribution in [3.8, 4) is 0 Å². The summed E-state index contributed by atoms with van der Waals surface area (Å²) >= 11 is 1.87. The van der Waals surface area contributed by atoms with Gasteiger partial charge in [-0.2, -0.15) is 0 Å². The Labute approximate surface area is 188 Å². The highest BCUT2D eigenvalue weighted by atomic mass is 32.2. The third-order valence-electron chi connectivity index (χ3n) is 5.29. The van der Waals surface area contributed by atoms with Crippen molar-refractivity contribution in [2.75, 3.05) is 0 Å². The molecule has 0 amide bonds. The fraction of sp³-hybridized carbons (Fsp3) is 0.500. The normalized spacial score (nSPS) is 13.4. The highest BCUT2D eigenvalue weighted by Crippen LogP contribution is 2.46. The summed E-state index contributed by atoms with van der Waals surface area (Å²) in [4.78, 5) is 21.3. The van der Waals surface area contributed by atoms with Crippen LogP contribution in [0.2, 0.25) is 0 Å². The van der Waals surface area contributed by atoms with Gasteiger partial charge in [-0.25, -0.2) is 0 Å². The molecule has 0 heterocycles. The van der Waals surface area contributed by atoms with E-state index in [1.807, 2.05) is 36.0 Å². The van der Waals surface area contributed by atoms with Gasteiger partial charge in [0, 0.05) is 34.8 Å². The lowest BCUT2D eigenvalue weighted by atomic mass is 10.0. The summed E-state index contributed by atoms with van der Waals surface area (Å²) in [5.41, 5.74) is 2.38. The quantitative estimate of drug-likeness (QED) is 0.245. The van der Waals surface area contributed by atoms with Crippen LogP contribution < -0.4 is 0 Å². The molecule has 0 aliphatic carbocycles. The molecule has 2 aromatic rings. The second kappa shape index (κ2) is 11.8. The average molecular weight is 445 g/mol. The van der Waals surface area contributed by atoms with Gasteiger partial charge in [0.15, 0.2) is 0 Å². The minimum Gasteiger partial charge on any atom is -0.258 e. The number of nitro benzene ring substituents is 2. The molecule has 2 rings (SSSR count). The summed E-state index contributed by atoms with van der Waals surface area (Å²) < 4.78 is 0. The molecule has 31 heavy (non-hydrogen) atoms. The lowest BCUT2D eigenvalue weighted by Gasteiger charge is -2.25. The van der Waals surface area contributed by atoms with Crippen molar-refractivity contribution >= 4 is 23.1 Å². The average Bonchev–Trinajstić information content (AvgIpc) is 2.73. The van der Waals surface area contributed by atoms with E-state index in [1.165, 1.54) is 0 Å². The number of hydrogen-bond donors (Lipinski definition) is 0. The molecule has 0 bridgehead atoms. The molecule has 0 aromatic heterocycles. The van der Waals surface area contributed by atoms with E-state index in [0.29, 0.717) is 11.8 Å². The Balaban J connectivity index is 2.30. The van der Waals surface area contributed by atoms with Crippen molar-refractivity contribution in [3.63, 3.8) is 0 Å². The summed E-state index contributed by atoms with van der Waals surface area (Å²) in [7, 11) is 0. The van der Waals surface area contributed by atoms with E-state index in [1.54, 1.807) is 24.3 Å². The van der Waals surface area contributed by atoms with Gasteiger partial charge in [0.05, 0.1) is 9.85 Å². The molecular formula is C24H32N2O4S. The first-order chi connectivity index (χ1) is 14.7. The highest BCUT2D eigenvalue weighted by molar-refractivity contribution is 7.99. The van der Waals surface area contributed by atoms with Gasteiger partial charge in [-0.1, -0.05) is 52.0 Å². The second-order valence-electron chi connectivity index (χ2n) is 8.75. The number of nitro groups is 2. The smallest absolute Gasteiger partial charge is 0.258 e. The molecule has 6 nitrogen and oxygen atoms in total. The fourth-order valence-corrected chi connectivity index (χ4v) is 4.99. The Hall–Kier alpha value is -2.41. The van der Waals surface area contributed by atoms with Crippen molar-refractivity contribution in [2.45, 2.75) is 63.9 Å². The van der Waals surface area contributed by atoms with E-state index < -0.39 is 0 Å². The molecular weight excluding hydrogens is 412 g/mol. The number of thioether (sulfide) groups is 1. The Bertz CT molecular complexity index is 779. The number of rotatable bonds is 12. The van der Waals surface area contributed by atoms with E-state index in [2.05, 4.69) is 27.7 Å². The molecule has 2 aromatic carbocycles. The molecule has 0 aliphatic rings. The van der Waals surface area contributed by atoms with Crippen LogP contribution >= 0.6 is 11.8 Å². The number of hydrogen-bond acceptors (Lipinski definition) is 5. The van der Waals surface area contributed by atoms with Gasteiger partial charge in [-0.3, -0.25) is 20.2 Å². The van der Waals surface area contributed by atoms with E-state index >= 15 is 0 Å². The van der Waals surface area contributed by atoms with Crippen LogP contribution in [0.1, 0.15) is 75.0 Å². The van der Waals surface area contributed by atoms with Crippen molar-refractivity contribution < 1.29 is 9.85 Å². The molecule has 0 unspecified atom stereocenters. The SMILES string of the molecule is CC(C)CC[C@@H](S[C@H](CCC(C)C)c1ccc([N+](=O)[O-])cc1)c1ccc([N+](=O)[O-])cc1. The van der Waals surface area contributed by atoms with Gasteiger partial charge in [0.25, 0.3) is 11.4 Å². The first-order valence-corrected chi connectivity index (χ1v) is 11.8. The maximum absolute atomic E-state index is 11.0. The Kier molecular flexibility index (Phi) is 9.49. The Morgan fingerprint density at radius 1 is 0.645 bits per heavy atom. The van der Waals surface area contributed by atoms with E-state index in [0.717, 1.165) is 36.8 Å². The lowest BCUT2D eigenvalue weighted by molar-refractivity contribution is -0.385. The summed E-state index contributed by atoms with van der Waals surface area (Å²) in [6.45, 7) is 8.79. The van der Waals surface area contributed by atoms with Crippen LogP contribution in [-0.2, 0) is 0 Å². The molecule has 0 saturated heterocycles. The third-order valence-corrected chi connectivity index (χ3v) is 6.97. The number of nitrogens with zero attached hydrogens (tertiary/aromatic N) is 2. The zero-order chi connectivity index (χ0) is 23.0.